The second-order valence-corrected chi connectivity index (χ2v) is 8.02. The fraction of sp³-hybridized carbons (Fsp3) is 0.250. The summed E-state index contributed by atoms with van der Waals surface area (Å²) in [7, 11) is 0. The number of carbonyl (C=O) groups excluding carboxylic acids is 1. The summed E-state index contributed by atoms with van der Waals surface area (Å²) < 4.78 is 1.83. The molecule has 7 nitrogen and oxygen atoms in total. The molecule has 0 saturated heterocycles. The van der Waals surface area contributed by atoms with Crippen LogP contribution in [0.5, 0.6) is 0 Å². The number of pyridine rings is 1. The first-order chi connectivity index (χ1) is 15.1. The van der Waals surface area contributed by atoms with Crippen LogP contribution in [-0.4, -0.2) is 25.3 Å². The summed E-state index contributed by atoms with van der Waals surface area (Å²) in [4.78, 5) is 26.2. The van der Waals surface area contributed by atoms with Crippen molar-refractivity contribution in [1.29, 1.82) is 0 Å². The topological polar surface area (TPSA) is 98.2 Å². The molecule has 1 aromatic carbocycles. The van der Waals surface area contributed by atoms with Gasteiger partial charge in [-0.15, -0.1) is 0 Å². The molecule has 0 spiro atoms. The fourth-order valence-electron chi connectivity index (χ4n) is 4.30. The zero-order valence-electron chi connectivity index (χ0n) is 17.4. The van der Waals surface area contributed by atoms with Crippen LogP contribution in [0.15, 0.2) is 54.9 Å². The summed E-state index contributed by atoms with van der Waals surface area (Å²) >= 11 is 0. The molecular formula is C24H24N6O. The van der Waals surface area contributed by atoms with Gasteiger partial charge in [0.25, 0.3) is 5.91 Å². The maximum absolute atomic E-state index is 11.8. The number of nitrogens with two attached hydrogens (primary N) is 1. The third-order valence-corrected chi connectivity index (χ3v) is 5.91. The number of hydrogen-bond donors (Lipinski definition) is 2. The van der Waals surface area contributed by atoms with Gasteiger partial charge >= 0.3 is 0 Å². The summed E-state index contributed by atoms with van der Waals surface area (Å²) in [5.41, 5.74) is 10.1. The Morgan fingerprint density at radius 1 is 1.19 bits per heavy atom. The zero-order chi connectivity index (χ0) is 21.4. The summed E-state index contributed by atoms with van der Waals surface area (Å²) in [6.45, 7) is 2.90. The maximum atomic E-state index is 11.8. The van der Waals surface area contributed by atoms with Crippen molar-refractivity contribution in [3.05, 3.63) is 77.2 Å². The van der Waals surface area contributed by atoms with Crippen LogP contribution >= 0.6 is 0 Å². The number of nitrogens with zero attached hydrogens (tertiary/aromatic N) is 4. The molecule has 3 aromatic heterocycles. The van der Waals surface area contributed by atoms with Crippen LogP contribution in [0.25, 0.3) is 17.2 Å². The number of primary amides is 1. The summed E-state index contributed by atoms with van der Waals surface area (Å²) in [5, 5.41) is 3.53. The summed E-state index contributed by atoms with van der Waals surface area (Å²) in [6, 6.07) is 13.8. The van der Waals surface area contributed by atoms with Crippen LogP contribution in [0, 0.1) is 0 Å². The molecule has 7 heteroatoms. The molecule has 3 N–H and O–H groups in total. The zero-order valence-corrected chi connectivity index (χ0v) is 17.4. The van der Waals surface area contributed by atoms with E-state index in [2.05, 4.69) is 29.4 Å². The number of nitrogens with one attached hydrogen (secondary N) is 1. The van der Waals surface area contributed by atoms with Crippen molar-refractivity contribution in [3.63, 3.8) is 0 Å². The molecular weight excluding hydrogens is 388 g/mol. The number of carbonyl (C=O) groups is 1. The number of benzene rings is 1. The van der Waals surface area contributed by atoms with Crippen LogP contribution < -0.4 is 11.1 Å². The van der Waals surface area contributed by atoms with E-state index in [9.17, 15) is 4.79 Å². The molecule has 5 rings (SSSR count). The highest BCUT2D eigenvalue weighted by Crippen LogP contribution is 2.35. The van der Waals surface area contributed by atoms with Crippen molar-refractivity contribution in [3.8, 4) is 11.6 Å². The van der Waals surface area contributed by atoms with Crippen LogP contribution in [0.2, 0.25) is 0 Å². The lowest BCUT2D eigenvalue weighted by Crippen LogP contribution is -2.16. The van der Waals surface area contributed by atoms with Gasteiger partial charge in [0.1, 0.15) is 5.82 Å². The minimum absolute atomic E-state index is 0.357. The first kappa shape index (κ1) is 19.2. The molecule has 1 aliphatic carbocycles. The number of imidazole rings is 1. The quantitative estimate of drug-likeness (QED) is 0.517. The highest BCUT2D eigenvalue weighted by Gasteiger charge is 2.25. The van der Waals surface area contributed by atoms with E-state index in [1.165, 1.54) is 11.1 Å². The van der Waals surface area contributed by atoms with Crippen molar-refractivity contribution in [1.82, 2.24) is 19.4 Å². The second kappa shape index (κ2) is 7.83. The van der Waals surface area contributed by atoms with E-state index < -0.39 is 5.91 Å². The van der Waals surface area contributed by atoms with Gasteiger partial charge < -0.3 is 11.1 Å². The molecule has 0 radical (unpaired) electrons. The van der Waals surface area contributed by atoms with E-state index in [0.29, 0.717) is 35.2 Å². The standard InChI is InChI=1S/C24H24N6O/c1-15-7-5-10-18-20(15)28-23(29-22(18)26-13-16-8-3-2-4-9-16)24-27-14-19-17(21(25)31)11-6-12-30(19)24/h2-4,6,8-9,11-12,14-15H,5,7,10,13H2,1H3,(H2,25,31)(H,26,28,29). The van der Waals surface area contributed by atoms with Gasteiger partial charge in [-0.2, -0.15) is 0 Å². The van der Waals surface area contributed by atoms with Gasteiger partial charge in [0.15, 0.2) is 11.6 Å². The van der Waals surface area contributed by atoms with E-state index in [4.69, 9.17) is 15.7 Å². The van der Waals surface area contributed by atoms with Crippen molar-refractivity contribution in [2.24, 2.45) is 5.73 Å². The Labute approximate surface area is 180 Å². The van der Waals surface area contributed by atoms with Gasteiger partial charge in [-0.05, 0) is 42.9 Å². The molecule has 0 bridgehead atoms. The van der Waals surface area contributed by atoms with Crippen molar-refractivity contribution in [2.45, 2.75) is 38.6 Å². The molecule has 0 fully saturated rings. The Morgan fingerprint density at radius 3 is 2.84 bits per heavy atom. The summed E-state index contributed by atoms with van der Waals surface area (Å²) in [6.07, 6.45) is 6.71. The molecule has 1 amide bonds. The Balaban J connectivity index is 1.61. The van der Waals surface area contributed by atoms with E-state index in [0.717, 1.165) is 30.8 Å². The van der Waals surface area contributed by atoms with Gasteiger partial charge in [-0.25, -0.2) is 15.0 Å². The van der Waals surface area contributed by atoms with Crippen LogP contribution in [0.1, 0.15) is 52.9 Å². The number of fused-ring (bicyclic) bond motifs is 2. The van der Waals surface area contributed by atoms with E-state index in [-0.39, 0.29) is 0 Å². The predicted octanol–water partition coefficient (Wildman–Crippen LogP) is 3.94. The molecule has 1 atom stereocenters. The monoisotopic (exact) mass is 412 g/mol. The van der Waals surface area contributed by atoms with Crippen molar-refractivity contribution < 1.29 is 4.79 Å². The predicted molar refractivity (Wildman–Crippen MR) is 120 cm³/mol. The number of hydrogen-bond acceptors (Lipinski definition) is 5. The molecule has 1 unspecified atom stereocenters. The first-order valence-electron chi connectivity index (χ1n) is 10.6. The average Bonchev–Trinajstić information content (AvgIpc) is 3.22. The average molecular weight is 412 g/mol. The number of anilines is 1. The molecule has 4 aromatic rings. The number of amides is 1. The second-order valence-electron chi connectivity index (χ2n) is 8.02. The van der Waals surface area contributed by atoms with E-state index >= 15 is 0 Å². The lowest BCUT2D eigenvalue weighted by Gasteiger charge is -2.24. The van der Waals surface area contributed by atoms with Crippen molar-refractivity contribution in [2.75, 3.05) is 5.32 Å². The minimum Gasteiger partial charge on any atom is -0.366 e. The highest BCUT2D eigenvalue weighted by molar-refractivity contribution is 5.99. The van der Waals surface area contributed by atoms with Gasteiger partial charge in [-0.3, -0.25) is 9.20 Å². The summed E-state index contributed by atoms with van der Waals surface area (Å²) in [5.74, 6) is 1.88. The van der Waals surface area contributed by atoms with Gasteiger partial charge in [0.2, 0.25) is 0 Å². The highest BCUT2D eigenvalue weighted by atomic mass is 16.1. The normalized spacial score (nSPS) is 15.6. The van der Waals surface area contributed by atoms with Gasteiger partial charge in [-0.1, -0.05) is 37.3 Å². The van der Waals surface area contributed by atoms with E-state index in [1.807, 2.05) is 28.8 Å². The Hall–Kier alpha value is -3.74. The largest absolute Gasteiger partial charge is 0.366 e. The molecule has 0 aliphatic heterocycles. The van der Waals surface area contributed by atoms with Crippen LogP contribution in [0.3, 0.4) is 0 Å². The molecule has 0 saturated carbocycles. The Morgan fingerprint density at radius 2 is 2.03 bits per heavy atom. The molecule has 1 aliphatic rings. The maximum Gasteiger partial charge on any atom is 0.250 e. The fourth-order valence-corrected chi connectivity index (χ4v) is 4.30. The lowest BCUT2D eigenvalue weighted by molar-refractivity contribution is 0.100. The Bertz CT molecular complexity index is 1260. The SMILES string of the molecule is CC1CCCc2c(NCc3ccccc3)nc(-c3ncc4c(C(N)=O)cccn34)nc21. The number of aromatic nitrogens is 4. The Kier molecular flexibility index (Phi) is 4.86. The van der Waals surface area contributed by atoms with E-state index in [1.54, 1.807) is 18.3 Å². The smallest absolute Gasteiger partial charge is 0.250 e. The molecule has 156 valence electrons. The minimum atomic E-state index is -0.484. The molecule has 3 heterocycles. The third-order valence-electron chi connectivity index (χ3n) is 5.91. The van der Waals surface area contributed by atoms with Crippen LogP contribution in [-0.2, 0) is 13.0 Å². The third kappa shape index (κ3) is 3.52. The first-order valence-corrected chi connectivity index (χ1v) is 10.6. The lowest BCUT2D eigenvalue weighted by atomic mass is 9.88. The van der Waals surface area contributed by atoms with Gasteiger partial charge in [0.05, 0.1) is 23.0 Å². The van der Waals surface area contributed by atoms with Crippen molar-refractivity contribution >= 4 is 17.2 Å². The molecule has 31 heavy (non-hydrogen) atoms. The van der Waals surface area contributed by atoms with Crippen LogP contribution in [0.4, 0.5) is 5.82 Å². The van der Waals surface area contributed by atoms with Gasteiger partial charge in [0, 0.05) is 18.3 Å². The number of rotatable bonds is 5.